The van der Waals surface area contributed by atoms with Crippen molar-refractivity contribution in [2.45, 2.75) is 15.2 Å². The van der Waals surface area contributed by atoms with E-state index in [-0.39, 0.29) is 0 Å². The van der Waals surface area contributed by atoms with Crippen molar-refractivity contribution in [3.05, 3.63) is 186 Å². The number of hydrogen-bond acceptors (Lipinski definition) is 5. The summed E-state index contributed by atoms with van der Waals surface area (Å²) < 4.78 is 0. The highest BCUT2D eigenvalue weighted by atomic mass is 32.2. The highest BCUT2D eigenvalue weighted by Gasteiger charge is 2.50. The minimum absolute atomic E-state index is 0.487. The van der Waals surface area contributed by atoms with Crippen LogP contribution in [0.2, 0.25) is 0 Å². The lowest BCUT2D eigenvalue weighted by atomic mass is 9.67. The minimum atomic E-state index is -0.487. The molecule has 1 spiro atoms. The van der Waals surface area contributed by atoms with Crippen LogP contribution in [-0.2, 0) is 5.41 Å². The third kappa shape index (κ3) is 4.62. The first-order valence-corrected chi connectivity index (χ1v) is 17.9. The molecule has 4 nitrogen and oxygen atoms in total. The van der Waals surface area contributed by atoms with Crippen LogP contribution in [0.4, 0.5) is 0 Å². The highest BCUT2D eigenvalue weighted by Crippen LogP contribution is 2.62. The summed E-state index contributed by atoms with van der Waals surface area (Å²) in [4.78, 5) is 21.9. The lowest BCUT2D eigenvalue weighted by Crippen LogP contribution is -2.32. The Bertz CT molecular complexity index is 2630. The predicted octanol–water partition coefficient (Wildman–Crippen LogP) is 10.9. The van der Waals surface area contributed by atoms with Crippen LogP contribution in [-0.4, -0.2) is 28.2 Å². The van der Waals surface area contributed by atoms with E-state index < -0.39 is 5.41 Å². The molecule has 0 amide bonds. The molecule has 8 aromatic rings. The molecule has 7 aromatic carbocycles. The number of nitrogens with zero attached hydrogens (tertiary/aromatic N) is 4. The van der Waals surface area contributed by atoms with Crippen LogP contribution < -0.4 is 0 Å². The second-order valence-corrected chi connectivity index (χ2v) is 14.1. The number of fused-ring (bicyclic) bond motifs is 10. The van der Waals surface area contributed by atoms with E-state index in [0.717, 1.165) is 27.6 Å². The Balaban J connectivity index is 1.23. The Labute approximate surface area is 300 Å². The fourth-order valence-corrected chi connectivity index (χ4v) is 9.14. The lowest BCUT2D eigenvalue weighted by Gasteiger charge is -2.40. The van der Waals surface area contributed by atoms with Crippen molar-refractivity contribution in [3.63, 3.8) is 0 Å². The van der Waals surface area contributed by atoms with Crippen LogP contribution in [0.15, 0.2) is 173 Å². The molecular formula is C46H30N4S. The van der Waals surface area contributed by atoms with Gasteiger partial charge in [-0.25, -0.2) is 15.0 Å². The van der Waals surface area contributed by atoms with Gasteiger partial charge in [-0.15, -0.1) is 0 Å². The predicted molar refractivity (Wildman–Crippen MR) is 209 cm³/mol. The van der Waals surface area contributed by atoms with Gasteiger partial charge < -0.3 is 0 Å². The molecule has 10 rings (SSSR count). The van der Waals surface area contributed by atoms with Crippen molar-refractivity contribution in [2.24, 2.45) is 4.99 Å². The molecular weight excluding hydrogens is 641 g/mol. The van der Waals surface area contributed by atoms with Gasteiger partial charge in [0.05, 0.1) is 5.41 Å². The summed E-state index contributed by atoms with van der Waals surface area (Å²) in [5.41, 5.74) is 11.2. The fourth-order valence-electron chi connectivity index (χ4n) is 7.97. The van der Waals surface area contributed by atoms with Crippen molar-refractivity contribution in [1.29, 1.82) is 0 Å². The monoisotopic (exact) mass is 670 g/mol. The van der Waals surface area contributed by atoms with Crippen LogP contribution in [0.5, 0.6) is 0 Å². The van der Waals surface area contributed by atoms with Gasteiger partial charge in [0.25, 0.3) is 0 Å². The Hall–Kier alpha value is -6.17. The summed E-state index contributed by atoms with van der Waals surface area (Å²) in [5, 5.41) is 2.32. The van der Waals surface area contributed by atoms with Crippen LogP contribution >= 0.6 is 11.8 Å². The van der Waals surface area contributed by atoms with Crippen LogP contribution in [0.1, 0.15) is 27.8 Å². The van der Waals surface area contributed by atoms with Crippen molar-refractivity contribution in [2.75, 3.05) is 7.05 Å². The SMILES string of the molecule is C/N=C\c1ccc2c(c1)C1(c3ccccc3S2)c2ccccc2-c2cc3ccc(-c4nc(-c5ccccc5)nc(-c5ccccc5)n4)cc3cc21. The molecule has 0 bridgehead atoms. The molecule has 0 saturated carbocycles. The molecule has 2 heterocycles. The molecule has 0 fully saturated rings. The van der Waals surface area contributed by atoms with E-state index in [1.165, 1.54) is 48.6 Å². The van der Waals surface area contributed by atoms with Crippen molar-refractivity contribution >= 4 is 28.7 Å². The number of hydrogen-bond donors (Lipinski definition) is 0. The van der Waals surface area contributed by atoms with Gasteiger partial charge in [0.15, 0.2) is 17.5 Å². The summed E-state index contributed by atoms with van der Waals surface area (Å²) in [7, 11) is 1.83. The summed E-state index contributed by atoms with van der Waals surface area (Å²) in [6.45, 7) is 0. The lowest BCUT2D eigenvalue weighted by molar-refractivity contribution is 0.723. The molecule has 0 radical (unpaired) electrons. The molecule has 51 heavy (non-hydrogen) atoms. The molecule has 5 heteroatoms. The van der Waals surface area contributed by atoms with Gasteiger partial charge in [-0.3, -0.25) is 4.99 Å². The second-order valence-electron chi connectivity index (χ2n) is 13.0. The molecule has 1 aliphatic heterocycles. The molecule has 1 aliphatic carbocycles. The van der Waals surface area contributed by atoms with E-state index in [2.05, 4.69) is 102 Å². The molecule has 240 valence electrons. The number of benzene rings is 7. The zero-order valence-corrected chi connectivity index (χ0v) is 28.6. The van der Waals surface area contributed by atoms with Gasteiger partial charge >= 0.3 is 0 Å². The summed E-state index contributed by atoms with van der Waals surface area (Å²) in [6.07, 6.45) is 1.95. The van der Waals surface area contributed by atoms with Gasteiger partial charge in [0, 0.05) is 39.7 Å². The summed E-state index contributed by atoms with van der Waals surface area (Å²) >= 11 is 1.85. The number of rotatable bonds is 4. The van der Waals surface area contributed by atoms with E-state index in [9.17, 15) is 0 Å². The van der Waals surface area contributed by atoms with E-state index in [4.69, 9.17) is 15.0 Å². The summed E-state index contributed by atoms with van der Waals surface area (Å²) in [5.74, 6) is 1.96. The first-order valence-electron chi connectivity index (χ1n) is 17.1. The molecule has 1 atom stereocenters. The molecule has 0 N–H and O–H groups in total. The highest BCUT2D eigenvalue weighted by molar-refractivity contribution is 7.99. The normalized spacial score (nSPS) is 15.5. The van der Waals surface area contributed by atoms with E-state index in [1.807, 2.05) is 85.7 Å². The molecule has 0 saturated heterocycles. The third-order valence-corrected chi connectivity index (χ3v) is 11.3. The van der Waals surface area contributed by atoms with Gasteiger partial charge in [0.2, 0.25) is 0 Å². The zero-order valence-electron chi connectivity index (χ0n) is 27.8. The van der Waals surface area contributed by atoms with E-state index in [0.29, 0.717) is 17.5 Å². The number of aromatic nitrogens is 3. The Morgan fingerprint density at radius 3 is 1.82 bits per heavy atom. The topological polar surface area (TPSA) is 51.0 Å². The van der Waals surface area contributed by atoms with Crippen LogP contribution in [0.3, 0.4) is 0 Å². The quantitative estimate of drug-likeness (QED) is 0.175. The second kappa shape index (κ2) is 11.7. The third-order valence-electron chi connectivity index (χ3n) is 10.2. The maximum atomic E-state index is 5.04. The Morgan fingerprint density at radius 2 is 1.10 bits per heavy atom. The largest absolute Gasteiger partial charge is 0.296 e. The van der Waals surface area contributed by atoms with E-state index >= 15 is 0 Å². The van der Waals surface area contributed by atoms with Gasteiger partial charge in [-0.05, 0) is 86.1 Å². The first-order chi connectivity index (χ1) is 25.2. The average molecular weight is 671 g/mol. The fraction of sp³-hybridized carbons (Fsp3) is 0.0435. The van der Waals surface area contributed by atoms with Crippen molar-refractivity contribution in [3.8, 4) is 45.3 Å². The van der Waals surface area contributed by atoms with Crippen molar-refractivity contribution < 1.29 is 0 Å². The maximum Gasteiger partial charge on any atom is 0.164 e. The molecule has 1 unspecified atom stereocenters. The zero-order chi connectivity index (χ0) is 33.9. The smallest absolute Gasteiger partial charge is 0.164 e. The first kappa shape index (κ1) is 29.7. The minimum Gasteiger partial charge on any atom is -0.296 e. The van der Waals surface area contributed by atoms with Gasteiger partial charge in [-0.2, -0.15) is 0 Å². The Kier molecular flexibility index (Phi) is 6.83. The summed E-state index contributed by atoms with van der Waals surface area (Å²) in [6, 6.07) is 56.3. The van der Waals surface area contributed by atoms with Crippen molar-refractivity contribution in [1.82, 2.24) is 15.0 Å². The maximum absolute atomic E-state index is 5.04. The van der Waals surface area contributed by atoms with E-state index in [1.54, 1.807) is 0 Å². The molecule has 1 aromatic heterocycles. The molecule has 2 aliphatic rings. The van der Waals surface area contributed by atoms with Crippen LogP contribution in [0.25, 0.3) is 56.1 Å². The van der Waals surface area contributed by atoms with Crippen LogP contribution in [0, 0.1) is 0 Å². The Morgan fingerprint density at radius 1 is 0.471 bits per heavy atom. The number of aliphatic imine (C=N–C) groups is 1. The van der Waals surface area contributed by atoms with Gasteiger partial charge in [0.1, 0.15) is 0 Å². The average Bonchev–Trinajstić information content (AvgIpc) is 3.47. The van der Waals surface area contributed by atoms with Gasteiger partial charge in [-0.1, -0.05) is 133 Å². The standard InChI is InChI=1S/C46H30N4S/c1-47-28-29-20-23-42-40(24-29)46(38-18-10-11-19-41(38)51-42)37-17-9-8-16-35(37)36-26-32-21-22-33(25-34(32)27-39(36)46)45-49-43(30-12-4-2-5-13-30)48-44(50-45)31-14-6-3-7-15-31/h2-28H,1H3/b47-28-.